The maximum Gasteiger partial charge on any atom is 0.228 e. The molecule has 122 valence electrons. The van der Waals surface area contributed by atoms with Gasteiger partial charge in [-0.15, -0.1) is 0 Å². The number of hydrogen-bond acceptors (Lipinski definition) is 3. The largest absolute Gasteiger partial charge is 0.465 e. The number of nitrogens with zero attached hydrogens (tertiary/aromatic N) is 1. The molecule has 2 heterocycles. The fourth-order valence-electron chi connectivity index (χ4n) is 3.10. The molecule has 0 bridgehead atoms. The molecule has 0 amide bonds. The standard InChI is InChI=1S/C21H15NO3/c1-14(23)22-19-7-3-2-6-17(19)18-10-8-15(13-20(18)22)21(24)11-9-16-5-4-12-25-16/h2-13H,1H3. The summed E-state index contributed by atoms with van der Waals surface area (Å²) in [6.07, 6.45) is 4.66. The van der Waals surface area contributed by atoms with Gasteiger partial charge < -0.3 is 4.42 Å². The van der Waals surface area contributed by atoms with Crippen molar-refractivity contribution in [1.29, 1.82) is 0 Å². The first-order valence-corrected chi connectivity index (χ1v) is 7.95. The van der Waals surface area contributed by atoms with Crippen molar-refractivity contribution in [2.24, 2.45) is 0 Å². The number of benzene rings is 2. The van der Waals surface area contributed by atoms with E-state index in [1.165, 1.54) is 13.0 Å². The molecule has 0 radical (unpaired) electrons. The van der Waals surface area contributed by atoms with Crippen molar-refractivity contribution in [3.05, 3.63) is 78.3 Å². The van der Waals surface area contributed by atoms with Crippen molar-refractivity contribution in [3.63, 3.8) is 0 Å². The number of carbonyl (C=O) groups is 2. The van der Waals surface area contributed by atoms with Crippen LogP contribution >= 0.6 is 0 Å². The van der Waals surface area contributed by atoms with E-state index in [1.807, 2.05) is 30.3 Å². The Morgan fingerprint density at radius 1 is 0.960 bits per heavy atom. The predicted octanol–water partition coefficient (Wildman–Crippen LogP) is 4.94. The van der Waals surface area contributed by atoms with Gasteiger partial charge in [-0.05, 0) is 36.4 Å². The maximum atomic E-state index is 12.5. The van der Waals surface area contributed by atoms with Crippen LogP contribution < -0.4 is 0 Å². The lowest BCUT2D eigenvalue weighted by molar-refractivity contribution is 0.0945. The van der Waals surface area contributed by atoms with Crippen LogP contribution in [0.4, 0.5) is 0 Å². The van der Waals surface area contributed by atoms with Crippen LogP contribution in [0.5, 0.6) is 0 Å². The first-order chi connectivity index (χ1) is 12.1. The molecule has 0 aliphatic rings. The number of allylic oxidation sites excluding steroid dienone is 1. The molecule has 0 N–H and O–H groups in total. The van der Waals surface area contributed by atoms with E-state index < -0.39 is 0 Å². The Bertz CT molecular complexity index is 1130. The molecule has 2 aromatic carbocycles. The lowest BCUT2D eigenvalue weighted by Gasteiger charge is -2.02. The second-order valence-corrected chi connectivity index (χ2v) is 5.82. The molecule has 4 aromatic rings. The first-order valence-electron chi connectivity index (χ1n) is 7.95. The van der Waals surface area contributed by atoms with Crippen molar-refractivity contribution in [3.8, 4) is 0 Å². The van der Waals surface area contributed by atoms with Crippen molar-refractivity contribution >= 4 is 39.6 Å². The molecule has 0 unspecified atom stereocenters. The summed E-state index contributed by atoms with van der Waals surface area (Å²) < 4.78 is 6.84. The zero-order chi connectivity index (χ0) is 17.4. The number of aromatic nitrogens is 1. The van der Waals surface area contributed by atoms with Crippen molar-refractivity contribution in [1.82, 2.24) is 4.57 Å². The van der Waals surface area contributed by atoms with Crippen molar-refractivity contribution < 1.29 is 14.0 Å². The number of fused-ring (bicyclic) bond motifs is 3. The molecule has 0 saturated carbocycles. The summed E-state index contributed by atoms with van der Waals surface area (Å²) in [6, 6.07) is 16.7. The molecule has 4 heteroatoms. The van der Waals surface area contributed by atoms with Gasteiger partial charge in [0.1, 0.15) is 5.76 Å². The van der Waals surface area contributed by atoms with E-state index in [-0.39, 0.29) is 11.7 Å². The van der Waals surface area contributed by atoms with Crippen molar-refractivity contribution in [2.75, 3.05) is 0 Å². The fourth-order valence-corrected chi connectivity index (χ4v) is 3.10. The van der Waals surface area contributed by atoms with Crippen LogP contribution in [0.25, 0.3) is 27.9 Å². The highest BCUT2D eigenvalue weighted by molar-refractivity contribution is 6.16. The maximum absolute atomic E-state index is 12.5. The van der Waals surface area contributed by atoms with Gasteiger partial charge in [-0.2, -0.15) is 0 Å². The topological polar surface area (TPSA) is 52.2 Å². The van der Waals surface area contributed by atoms with E-state index in [4.69, 9.17) is 4.42 Å². The molecule has 0 fully saturated rings. The van der Waals surface area contributed by atoms with Gasteiger partial charge in [0, 0.05) is 23.3 Å². The highest BCUT2D eigenvalue weighted by Crippen LogP contribution is 2.29. The first kappa shape index (κ1) is 15.1. The lowest BCUT2D eigenvalue weighted by atomic mass is 10.1. The zero-order valence-electron chi connectivity index (χ0n) is 13.6. The highest BCUT2D eigenvalue weighted by atomic mass is 16.3. The van der Waals surface area contributed by atoms with Gasteiger partial charge in [-0.25, -0.2) is 0 Å². The average molecular weight is 329 g/mol. The van der Waals surface area contributed by atoms with Crippen molar-refractivity contribution in [2.45, 2.75) is 6.92 Å². The third-order valence-corrected chi connectivity index (χ3v) is 4.22. The summed E-state index contributed by atoms with van der Waals surface area (Å²) in [7, 11) is 0. The minimum absolute atomic E-state index is 0.0815. The molecular weight excluding hydrogens is 314 g/mol. The number of hydrogen-bond donors (Lipinski definition) is 0. The summed E-state index contributed by atoms with van der Waals surface area (Å²) in [4.78, 5) is 24.6. The normalized spacial score (nSPS) is 11.6. The lowest BCUT2D eigenvalue weighted by Crippen LogP contribution is -2.05. The van der Waals surface area contributed by atoms with Crippen LogP contribution in [0.1, 0.15) is 27.8 Å². The van der Waals surface area contributed by atoms with Gasteiger partial charge in [-0.1, -0.05) is 30.3 Å². The molecule has 0 aliphatic carbocycles. The number of rotatable bonds is 3. The molecule has 2 aromatic heterocycles. The summed E-state index contributed by atoms with van der Waals surface area (Å²) in [6.45, 7) is 1.52. The Balaban J connectivity index is 1.84. The second kappa shape index (κ2) is 5.91. The summed E-state index contributed by atoms with van der Waals surface area (Å²) >= 11 is 0. The van der Waals surface area contributed by atoms with E-state index in [0.717, 1.165) is 21.8 Å². The molecule has 0 saturated heterocycles. The molecule has 4 rings (SSSR count). The number of para-hydroxylation sites is 1. The van der Waals surface area contributed by atoms with Crippen LogP contribution in [-0.2, 0) is 0 Å². The van der Waals surface area contributed by atoms with Crippen LogP contribution in [0, 0.1) is 0 Å². The highest BCUT2D eigenvalue weighted by Gasteiger charge is 2.14. The van der Waals surface area contributed by atoms with E-state index >= 15 is 0 Å². The monoisotopic (exact) mass is 329 g/mol. The van der Waals surface area contributed by atoms with E-state index in [2.05, 4.69) is 0 Å². The van der Waals surface area contributed by atoms with Gasteiger partial charge in [0.15, 0.2) is 5.78 Å². The SMILES string of the molecule is CC(=O)n1c2ccccc2c2ccc(C(=O)C=Cc3ccco3)cc21. The molecule has 25 heavy (non-hydrogen) atoms. The second-order valence-electron chi connectivity index (χ2n) is 5.82. The zero-order valence-corrected chi connectivity index (χ0v) is 13.6. The molecule has 0 aliphatic heterocycles. The Hall–Kier alpha value is -3.40. The Morgan fingerprint density at radius 2 is 1.76 bits per heavy atom. The molecule has 0 atom stereocenters. The molecule has 4 nitrogen and oxygen atoms in total. The van der Waals surface area contributed by atoms with Crippen LogP contribution in [0.3, 0.4) is 0 Å². The third-order valence-electron chi connectivity index (χ3n) is 4.22. The number of carbonyl (C=O) groups excluding carboxylic acids is 2. The van der Waals surface area contributed by atoms with E-state index in [1.54, 1.807) is 41.2 Å². The number of ketones is 1. The van der Waals surface area contributed by atoms with Gasteiger partial charge in [0.2, 0.25) is 5.91 Å². The predicted molar refractivity (Wildman–Crippen MR) is 97.8 cm³/mol. The average Bonchev–Trinajstić information content (AvgIpc) is 3.24. The summed E-state index contributed by atoms with van der Waals surface area (Å²) in [5, 5.41) is 1.95. The smallest absolute Gasteiger partial charge is 0.228 e. The van der Waals surface area contributed by atoms with Gasteiger partial charge in [0.05, 0.1) is 17.3 Å². The van der Waals surface area contributed by atoms with Gasteiger partial charge in [-0.3, -0.25) is 14.2 Å². The Kier molecular flexibility index (Phi) is 3.58. The van der Waals surface area contributed by atoms with Crippen LogP contribution in [0.15, 0.2) is 71.4 Å². The Morgan fingerprint density at radius 3 is 2.52 bits per heavy atom. The molecular formula is C21H15NO3. The minimum atomic E-state index is -0.140. The Labute approximate surface area is 144 Å². The molecule has 0 spiro atoms. The fraction of sp³-hybridized carbons (Fsp3) is 0.0476. The summed E-state index contributed by atoms with van der Waals surface area (Å²) in [5.74, 6) is 0.396. The minimum Gasteiger partial charge on any atom is -0.465 e. The quantitative estimate of drug-likeness (QED) is 0.395. The van der Waals surface area contributed by atoms with Crippen LogP contribution in [0.2, 0.25) is 0 Å². The van der Waals surface area contributed by atoms with Crippen LogP contribution in [-0.4, -0.2) is 16.3 Å². The van der Waals surface area contributed by atoms with Gasteiger partial charge >= 0.3 is 0 Å². The van der Waals surface area contributed by atoms with E-state index in [9.17, 15) is 9.59 Å². The van der Waals surface area contributed by atoms with Gasteiger partial charge in [0.25, 0.3) is 0 Å². The van der Waals surface area contributed by atoms with E-state index in [0.29, 0.717) is 11.3 Å². The summed E-state index contributed by atoms with van der Waals surface area (Å²) in [5.41, 5.74) is 2.12. The number of furan rings is 1. The third kappa shape index (κ3) is 2.58.